The number of fused-ring (bicyclic) bond motifs is 5. The molecule has 0 spiro atoms. The Balaban J connectivity index is 1.36. The highest BCUT2D eigenvalue weighted by Gasteiger charge is 2.45. The van der Waals surface area contributed by atoms with Crippen LogP contribution in [0.2, 0.25) is 0 Å². The van der Waals surface area contributed by atoms with Crippen LogP contribution in [0.25, 0.3) is 11.0 Å². The monoisotopic (exact) mass is 549 g/mol. The van der Waals surface area contributed by atoms with Crippen molar-refractivity contribution in [2.75, 3.05) is 13.7 Å². The number of para-hydroxylation sites is 2. The van der Waals surface area contributed by atoms with Crippen LogP contribution in [0.3, 0.4) is 0 Å². The van der Waals surface area contributed by atoms with Gasteiger partial charge in [-0.05, 0) is 68.9 Å². The van der Waals surface area contributed by atoms with Gasteiger partial charge in [0.1, 0.15) is 0 Å². The van der Waals surface area contributed by atoms with Crippen LogP contribution in [0.5, 0.6) is 0 Å². The molecule has 5 atom stereocenters. The van der Waals surface area contributed by atoms with Gasteiger partial charge in [-0.1, -0.05) is 43.0 Å². The van der Waals surface area contributed by atoms with Crippen molar-refractivity contribution in [2.45, 2.75) is 94.8 Å². The van der Waals surface area contributed by atoms with Crippen LogP contribution in [-0.4, -0.2) is 68.9 Å². The van der Waals surface area contributed by atoms with Crippen LogP contribution in [0, 0.1) is 11.8 Å². The molecule has 1 amide bonds. The summed E-state index contributed by atoms with van der Waals surface area (Å²) in [5, 5.41) is 15.2. The minimum Gasteiger partial charge on any atom is -0.479 e. The fourth-order valence-corrected chi connectivity index (χ4v) is 8.27. The van der Waals surface area contributed by atoms with E-state index in [1.807, 2.05) is 28.8 Å². The first kappa shape index (κ1) is 26.9. The lowest BCUT2D eigenvalue weighted by molar-refractivity contribution is -0.142. The number of rotatable bonds is 7. The quantitative estimate of drug-likeness (QED) is 0.400. The Morgan fingerprint density at radius 2 is 1.65 bits per heavy atom. The maximum atomic E-state index is 14.1. The third-order valence-corrected chi connectivity index (χ3v) is 9.70. The zero-order chi connectivity index (χ0) is 27.8. The van der Waals surface area contributed by atoms with Crippen molar-refractivity contribution in [3.63, 3.8) is 0 Å². The van der Waals surface area contributed by atoms with E-state index in [0.29, 0.717) is 23.6 Å². The lowest BCUT2D eigenvalue weighted by Crippen LogP contribution is -2.58. The van der Waals surface area contributed by atoms with E-state index in [4.69, 9.17) is 9.94 Å². The van der Waals surface area contributed by atoms with Gasteiger partial charge in [0.05, 0.1) is 11.0 Å². The van der Waals surface area contributed by atoms with Crippen LogP contribution in [-0.2, 0) is 14.4 Å². The molecule has 214 valence electrons. The van der Waals surface area contributed by atoms with E-state index in [0.717, 1.165) is 43.0 Å². The van der Waals surface area contributed by atoms with Gasteiger partial charge in [0.25, 0.3) is 11.5 Å². The van der Waals surface area contributed by atoms with Gasteiger partial charge in [0, 0.05) is 31.2 Å². The molecule has 1 aromatic carbocycles. The zero-order valence-electron chi connectivity index (χ0n) is 23.1. The van der Waals surface area contributed by atoms with Gasteiger partial charge in [-0.3, -0.25) is 14.5 Å². The maximum Gasteiger partial charge on any atom is 0.344 e. The molecule has 1 aromatic heterocycles. The summed E-state index contributed by atoms with van der Waals surface area (Å²) in [5.41, 5.74) is 0.474. The minimum atomic E-state index is -1.23. The lowest BCUT2D eigenvalue weighted by Gasteiger charge is -2.55. The summed E-state index contributed by atoms with van der Waals surface area (Å²) in [6.45, 7) is -0.729. The maximum absolute atomic E-state index is 14.1. The minimum absolute atomic E-state index is 0.0281. The molecule has 4 bridgehead atoms. The number of carboxylic acids is 1. The van der Waals surface area contributed by atoms with E-state index in [1.54, 1.807) is 0 Å². The number of hydrogen-bond donors (Lipinski definition) is 2. The predicted octanol–water partition coefficient (Wildman–Crippen LogP) is 3.47. The number of carboxylic acid groups (broad SMARTS) is 1. The third kappa shape index (κ3) is 5.13. The van der Waals surface area contributed by atoms with Crippen LogP contribution < -0.4 is 10.9 Å². The van der Waals surface area contributed by atoms with Crippen molar-refractivity contribution >= 4 is 28.6 Å². The summed E-state index contributed by atoms with van der Waals surface area (Å²) in [4.78, 5) is 50.1. The van der Waals surface area contributed by atoms with E-state index in [9.17, 15) is 14.4 Å². The molecule has 0 radical (unpaired) electrons. The Morgan fingerprint density at radius 3 is 2.33 bits per heavy atom. The van der Waals surface area contributed by atoms with Gasteiger partial charge >= 0.3 is 5.97 Å². The molecule has 2 saturated carbocycles. The number of nitrogens with one attached hydrogen (secondary N) is 1. The normalized spacial score (nSPS) is 30.6. The average molecular weight is 550 g/mol. The van der Waals surface area contributed by atoms with Crippen LogP contribution in [0.4, 0.5) is 0 Å². The number of benzene rings is 1. The van der Waals surface area contributed by atoms with Gasteiger partial charge < -0.3 is 19.8 Å². The summed E-state index contributed by atoms with van der Waals surface area (Å²) in [5.74, 6) is -0.151. The fraction of sp³-hybridized carbons (Fsp3) is 0.633. The molecule has 3 heterocycles. The van der Waals surface area contributed by atoms with Gasteiger partial charge in [-0.25, -0.2) is 9.78 Å². The van der Waals surface area contributed by atoms with Crippen LogP contribution in [0.15, 0.2) is 34.2 Å². The van der Waals surface area contributed by atoms with Crippen molar-refractivity contribution in [3.05, 3.63) is 40.3 Å². The number of carbonyl (C=O) groups excluding carboxylic acids is 1. The molecule has 10 heteroatoms. The van der Waals surface area contributed by atoms with Gasteiger partial charge in [0.2, 0.25) is 6.61 Å². The van der Waals surface area contributed by atoms with Crippen molar-refractivity contribution < 1.29 is 19.5 Å². The SMILES string of the molecule is CNC(=O)C(=NOCC(=O)O)c1nc2ccccc2n([C@H]2C[C@H]3CCC[C@@H](C2)N3C2CC3CCCC(C3)C2)c1=O. The van der Waals surface area contributed by atoms with E-state index in [2.05, 4.69) is 20.4 Å². The Hall–Kier alpha value is -3.27. The summed E-state index contributed by atoms with van der Waals surface area (Å²) < 4.78 is 1.82. The van der Waals surface area contributed by atoms with Crippen molar-refractivity contribution in [2.24, 2.45) is 17.0 Å². The summed E-state index contributed by atoms with van der Waals surface area (Å²) >= 11 is 0. The Labute approximate surface area is 233 Å². The Bertz CT molecular complexity index is 1350. The standard InChI is InChI=1S/C30H39N5O5/c1-31-29(38)27(33-40-17-26(36)37)28-30(39)35(25-11-3-2-10-24(25)32-28)23-15-20-8-5-9-21(16-23)34(20)22-13-18-6-4-7-19(12-18)14-22/h2-3,10-11,18-23H,4-9,12-17H2,1H3,(H,31,38)(H,36,37)/t18?,19?,20-,21+,22?,23+. The lowest BCUT2D eigenvalue weighted by atomic mass is 9.68. The summed E-state index contributed by atoms with van der Waals surface area (Å²) in [6, 6.07) is 8.99. The number of carbonyl (C=O) groups is 2. The van der Waals surface area contributed by atoms with E-state index in [-0.39, 0.29) is 17.4 Å². The number of likely N-dealkylation sites (N-methyl/N-ethyl adjacent to an activating group) is 1. The molecule has 4 aliphatic rings. The van der Waals surface area contributed by atoms with Crippen molar-refractivity contribution in [1.29, 1.82) is 0 Å². The highest BCUT2D eigenvalue weighted by atomic mass is 16.6. The van der Waals surface area contributed by atoms with Crippen LogP contribution >= 0.6 is 0 Å². The van der Waals surface area contributed by atoms with Gasteiger partial charge in [0.15, 0.2) is 11.4 Å². The second kappa shape index (κ2) is 11.3. The first-order valence-corrected chi connectivity index (χ1v) is 14.9. The summed E-state index contributed by atoms with van der Waals surface area (Å²) in [6.07, 6.45) is 13.5. The zero-order valence-corrected chi connectivity index (χ0v) is 23.1. The molecular weight excluding hydrogens is 510 g/mol. The van der Waals surface area contributed by atoms with E-state index in [1.165, 1.54) is 52.0 Å². The number of oxime groups is 1. The highest BCUT2D eigenvalue weighted by molar-refractivity contribution is 6.44. The average Bonchev–Trinajstić information content (AvgIpc) is 2.94. The molecule has 6 rings (SSSR count). The topological polar surface area (TPSA) is 126 Å². The molecule has 2 unspecified atom stereocenters. The number of aromatic nitrogens is 2. The first-order chi connectivity index (χ1) is 19.4. The second-order valence-corrected chi connectivity index (χ2v) is 12.1. The number of amides is 1. The predicted molar refractivity (Wildman–Crippen MR) is 150 cm³/mol. The molecular formula is C30H39N5O5. The van der Waals surface area contributed by atoms with Crippen molar-refractivity contribution in [1.82, 2.24) is 19.8 Å². The molecule has 2 N–H and O–H groups in total. The second-order valence-electron chi connectivity index (χ2n) is 12.1. The molecule has 2 saturated heterocycles. The molecule has 2 aliphatic carbocycles. The molecule has 4 fully saturated rings. The highest BCUT2D eigenvalue weighted by Crippen LogP contribution is 2.47. The molecule has 2 aliphatic heterocycles. The molecule has 10 nitrogen and oxygen atoms in total. The number of nitrogens with zero attached hydrogens (tertiary/aromatic N) is 4. The van der Waals surface area contributed by atoms with E-state index >= 15 is 0 Å². The number of hydrogen-bond acceptors (Lipinski definition) is 7. The van der Waals surface area contributed by atoms with E-state index < -0.39 is 24.0 Å². The Kier molecular flexibility index (Phi) is 7.61. The largest absolute Gasteiger partial charge is 0.479 e. The smallest absolute Gasteiger partial charge is 0.344 e. The molecule has 2 aromatic rings. The fourth-order valence-electron chi connectivity index (χ4n) is 8.27. The van der Waals surface area contributed by atoms with Gasteiger partial charge in [-0.15, -0.1) is 0 Å². The van der Waals surface area contributed by atoms with Crippen LogP contribution in [0.1, 0.15) is 82.4 Å². The van der Waals surface area contributed by atoms with Crippen molar-refractivity contribution in [3.8, 4) is 0 Å². The third-order valence-electron chi connectivity index (χ3n) is 9.70. The Morgan fingerprint density at radius 1 is 0.975 bits per heavy atom. The number of aliphatic carboxylic acids is 1. The first-order valence-electron chi connectivity index (χ1n) is 14.9. The van der Waals surface area contributed by atoms with Gasteiger partial charge in [-0.2, -0.15) is 0 Å². The summed E-state index contributed by atoms with van der Waals surface area (Å²) in [7, 11) is 1.42. The number of piperidine rings is 2. The molecule has 40 heavy (non-hydrogen) atoms.